The highest BCUT2D eigenvalue weighted by molar-refractivity contribution is 5.30. The molecule has 6 heteroatoms. The minimum atomic E-state index is -0.602. The molecule has 0 spiro atoms. The Morgan fingerprint density at radius 3 is 2.65 bits per heavy atom. The molecule has 1 aliphatic rings. The second kappa shape index (κ2) is 4.62. The van der Waals surface area contributed by atoms with Crippen LogP contribution in [-0.2, 0) is 0 Å². The molecule has 0 radical (unpaired) electrons. The Kier molecular flexibility index (Phi) is 3.35. The topological polar surface area (TPSA) is 91.1 Å². The second-order valence-corrected chi connectivity index (χ2v) is 5.20. The zero-order valence-electron chi connectivity index (χ0n) is 10.5. The second-order valence-electron chi connectivity index (χ2n) is 5.20. The first kappa shape index (κ1) is 12.3. The van der Waals surface area contributed by atoms with E-state index in [2.05, 4.69) is 27.0 Å². The summed E-state index contributed by atoms with van der Waals surface area (Å²) in [6, 6.07) is 0. The summed E-state index contributed by atoms with van der Waals surface area (Å²) < 4.78 is 0. The molecule has 1 saturated heterocycles. The maximum Gasteiger partial charge on any atom is 0.244 e. The number of rotatable bonds is 3. The van der Waals surface area contributed by atoms with E-state index >= 15 is 0 Å². The quantitative estimate of drug-likeness (QED) is 0.711. The van der Waals surface area contributed by atoms with Gasteiger partial charge in [0.25, 0.3) is 0 Å². The number of hydrogen-bond donors (Lipinski definition) is 3. The van der Waals surface area contributed by atoms with Gasteiger partial charge >= 0.3 is 0 Å². The third kappa shape index (κ3) is 2.58. The normalized spacial score (nSPS) is 21.5. The van der Waals surface area contributed by atoms with E-state index in [1.165, 1.54) is 0 Å². The molecule has 1 fully saturated rings. The Bertz CT molecular complexity index is 368. The molecule has 6 nitrogen and oxygen atoms in total. The Morgan fingerprint density at radius 2 is 2.18 bits per heavy atom. The van der Waals surface area contributed by atoms with Gasteiger partial charge in [-0.05, 0) is 31.7 Å². The maximum absolute atomic E-state index is 9.39. The number of anilines is 1. The molecule has 96 valence electrons. The highest BCUT2D eigenvalue weighted by Crippen LogP contribution is 2.30. The number of nitrogens with zero attached hydrogens (tertiary/aromatic N) is 3. The van der Waals surface area contributed by atoms with Crippen LogP contribution >= 0.6 is 0 Å². The van der Waals surface area contributed by atoms with Crippen molar-refractivity contribution in [3.63, 3.8) is 0 Å². The number of aliphatic hydroxyl groups excluding tert-OH is 1. The van der Waals surface area contributed by atoms with Crippen molar-refractivity contribution >= 4 is 5.95 Å². The lowest BCUT2D eigenvalue weighted by atomic mass is 9.81. The van der Waals surface area contributed by atoms with Crippen LogP contribution in [0.15, 0.2) is 0 Å². The van der Waals surface area contributed by atoms with Crippen LogP contribution in [0.2, 0.25) is 0 Å². The van der Waals surface area contributed by atoms with Gasteiger partial charge in [-0.2, -0.15) is 4.98 Å². The van der Waals surface area contributed by atoms with E-state index < -0.39 is 6.10 Å². The molecule has 1 aromatic rings. The first-order valence-electron chi connectivity index (χ1n) is 6.09. The smallest absolute Gasteiger partial charge is 0.244 e. The Hall–Kier alpha value is -1.14. The standard InChI is InChI=1S/C11H21N5O/c1-8(17)9-13-10(15-14-9)16-5-3-11(2,7-12)4-6-16/h8,17H,3-7,12H2,1-2H3,(H,13,14,15). The van der Waals surface area contributed by atoms with Gasteiger partial charge in [-0.3, -0.25) is 5.10 Å². The molecule has 17 heavy (non-hydrogen) atoms. The molecular formula is C11H21N5O. The summed E-state index contributed by atoms with van der Waals surface area (Å²) in [4.78, 5) is 6.42. The van der Waals surface area contributed by atoms with Crippen molar-refractivity contribution in [2.75, 3.05) is 24.5 Å². The molecule has 0 bridgehead atoms. The van der Waals surface area contributed by atoms with Crippen molar-refractivity contribution in [3.8, 4) is 0 Å². The van der Waals surface area contributed by atoms with E-state index in [1.807, 2.05) is 0 Å². The van der Waals surface area contributed by atoms with Crippen LogP contribution < -0.4 is 10.6 Å². The van der Waals surface area contributed by atoms with Gasteiger partial charge in [0.05, 0.1) is 0 Å². The van der Waals surface area contributed by atoms with Gasteiger partial charge in [0.1, 0.15) is 6.10 Å². The van der Waals surface area contributed by atoms with E-state index in [1.54, 1.807) is 6.92 Å². The number of aromatic amines is 1. The molecule has 1 atom stereocenters. The van der Waals surface area contributed by atoms with E-state index in [4.69, 9.17) is 5.73 Å². The maximum atomic E-state index is 9.39. The summed E-state index contributed by atoms with van der Waals surface area (Å²) in [5.74, 6) is 1.20. The van der Waals surface area contributed by atoms with Gasteiger partial charge < -0.3 is 15.7 Å². The van der Waals surface area contributed by atoms with Gasteiger partial charge in [0.2, 0.25) is 5.95 Å². The van der Waals surface area contributed by atoms with Crippen LogP contribution in [0.1, 0.15) is 38.6 Å². The third-order valence-corrected chi connectivity index (χ3v) is 3.63. The number of hydrogen-bond acceptors (Lipinski definition) is 5. The Balaban J connectivity index is 2.00. The Morgan fingerprint density at radius 1 is 1.53 bits per heavy atom. The molecule has 0 amide bonds. The third-order valence-electron chi connectivity index (χ3n) is 3.63. The first-order valence-corrected chi connectivity index (χ1v) is 6.09. The minimum absolute atomic E-state index is 0.250. The van der Waals surface area contributed by atoms with Gasteiger partial charge in [0, 0.05) is 13.1 Å². The van der Waals surface area contributed by atoms with Gasteiger partial charge in [0.15, 0.2) is 5.82 Å². The van der Waals surface area contributed by atoms with Crippen LogP contribution in [0.3, 0.4) is 0 Å². The van der Waals surface area contributed by atoms with Gasteiger partial charge in [-0.25, -0.2) is 0 Å². The molecule has 2 heterocycles. The number of nitrogens with one attached hydrogen (secondary N) is 1. The number of aliphatic hydroxyl groups is 1. The van der Waals surface area contributed by atoms with Crippen molar-refractivity contribution in [1.82, 2.24) is 15.2 Å². The SMILES string of the molecule is CC(O)c1nc(N2CCC(C)(CN)CC2)n[nH]1. The van der Waals surface area contributed by atoms with Gasteiger partial charge in [-0.15, -0.1) is 5.10 Å². The first-order chi connectivity index (χ1) is 8.04. The largest absolute Gasteiger partial charge is 0.385 e. The van der Waals surface area contributed by atoms with E-state index in [-0.39, 0.29) is 5.41 Å². The lowest BCUT2D eigenvalue weighted by molar-refractivity contribution is 0.189. The monoisotopic (exact) mass is 239 g/mol. The predicted molar refractivity (Wildman–Crippen MR) is 65.6 cm³/mol. The van der Waals surface area contributed by atoms with Crippen molar-refractivity contribution in [3.05, 3.63) is 5.82 Å². The zero-order valence-corrected chi connectivity index (χ0v) is 10.5. The van der Waals surface area contributed by atoms with E-state index in [0.717, 1.165) is 32.5 Å². The summed E-state index contributed by atoms with van der Waals surface area (Å²) in [5.41, 5.74) is 6.03. The summed E-state index contributed by atoms with van der Waals surface area (Å²) in [6.07, 6.45) is 1.51. The van der Waals surface area contributed by atoms with Crippen LogP contribution in [0.5, 0.6) is 0 Å². The van der Waals surface area contributed by atoms with Crippen molar-refractivity contribution < 1.29 is 5.11 Å². The lowest BCUT2D eigenvalue weighted by Crippen LogP contribution is -2.42. The van der Waals surface area contributed by atoms with Crippen LogP contribution in [0.4, 0.5) is 5.95 Å². The number of H-pyrrole nitrogens is 1. The van der Waals surface area contributed by atoms with E-state index in [0.29, 0.717) is 11.8 Å². The summed E-state index contributed by atoms with van der Waals surface area (Å²) >= 11 is 0. The fourth-order valence-electron chi connectivity index (χ4n) is 2.04. The molecule has 4 N–H and O–H groups in total. The van der Waals surface area contributed by atoms with Crippen LogP contribution in [0, 0.1) is 5.41 Å². The highest BCUT2D eigenvalue weighted by Gasteiger charge is 2.30. The molecule has 1 aromatic heterocycles. The predicted octanol–water partition coefficient (Wildman–Crippen LogP) is 0.423. The summed E-state index contributed by atoms with van der Waals surface area (Å²) in [5, 5.41) is 16.3. The van der Waals surface area contributed by atoms with E-state index in [9.17, 15) is 5.11 Å². The highest BCUT2D eigenvalue weighted by atomic mass is 16.3. The Labute approximate surface area is 101 Å². The lowest BCUT2D eigenvalue weighted by Gasteiger charge is -2.38. The van der Waals surface area contributed by atoms with Crippen molar-refractivity contribution in [2.45, 2.75) is 32.8 Å². The molecule has 0 saturated carbocycles. The van der Waals surface area contributed by atoms with Crippen molar-refractivity contribution in [1.29, 1.82) is 0 Å². The van der Waals surface area contributed by atoms with Crippen LogP contribution in [0.25, 0.3) is 0 Å². The minimum Gasteiger partial charge on any atom is -0.385 e. The fraction of sp³-hybridized carbons (Fsp3) is 0.818. The number of aromatic nitrogens is 3. The molecule has 1 aliphatic heterocycles. The average molecular weight is 239 g/mol. The molecule has 2 rings (SSSR count). The molecule has 0 aromatic carbocycles. The summed E-state index contributed by atoms with van der Waals surface area (Å²) in [7, 11) is 0. The molecule has 0 aliphatic carbocycles. The molecular weight excluding hydrogens is 218 g/mol. The van der Waals surface area contributed by atoms with Crippen LogP contribution in [-0.4, -0.2) is 39.9 Å². The fourth-order valence-corrected chi connectivity index (χ4v) is 2.04. The number of nitrogens with two attached hydrogens (primary N) is 1. The van der Waals surface area contributed by atoms with Crippen molar-refractivity contribution in [2.24, 2.45) is 11.1 Å². The zero-order chi connectivity index (χ0) is 12.5. The number of piperidine rings is 1. The summed E-state index contributed by atoms with van der Waals surface area (Å²) in [6.45, 7) is 6.47. The van der Waals surface area contributed by atoms with Gasteiger partial charge in [-0.1, -0.05) is 6.92 Å². The molecule has 1 unspecified atom stereocenters. The average Bonchev–Trinajstić information content (AvgIpc) is 2.79.